The molecule has 29 heavy (non-hydrogen) atoms. The van der Waals surface area contributed by atoms with Crippen LogP contribution < -0.4 is 10.6 Å². The summed E-state index contributed by atoms with van der Waals surface area (Å²) in [7, 11) is 0. The molecule has 4 fully saturated rings. The van der Waals surface area contributed by atoms with Gasteiger partial charge in [0, 0.05) is 25.2 Å². The molecule has 4 amide bonds. The lowest BCUT2D eigenvalue weighted by molar-refractivity contribution is -0.159. The number of rotatable bonds is 2. The average molecular weight is 404 g/mol. The Balaban J connectivity index is 1.31. The fourth-order valence-electron chi connectivity index (χ4n) is 5.29. The second kappa shape index (κ2) is 6.68. The van der Waals surface area contributed by atoms with Crippen molar-refractivity contribution >= 4 is 17.8 Å². The first-order valence-corrected chi connectivity index (χ1v) is 10.0. The minimum absolute atomic E-state index is 0.0289. The summed E-state index contributed by atoms with van der Waals surface area (Å²) < 4.78 is 10.9. The van der Waals surface area contributed by atoms with Crippen LogP contribution in [0.3, 0.4) is 0 Å². The molecule has 0 radical (unpaired) electrons. The van der Waals surface area contributed by atoms with Crippen LogP contribution in [0, 0.1) is 6.92 Å². The Labute approximate surface area is 167 Å². The van der Waals surface area contributed by atoms with Crippen molar-refractivity contribution in [2.75, 3.05) is 26.2 Å². The van der Waals surface area contributed by atoms with Gasteiger partial charge in [-0.05, 0) is 37.8 Å². The van der Waals surface area contributed by atoms with Gasteiger partial charge >= 0.3 is 6.03 Å². The first-order valence-electron chi connectivity index (χ1n) is 10.0. The summed E-state index contributed by atoms with van der Waals surface area (Å²) in [6.45, 7) is 3.43. The van der Waals surface area contributed by atoms with Gasteiger partial charge in [-0.2, -0.15) is 0 Å². The highest BCUT2D eigenvalue weighted by Gasteiger charge is 2.54. The van der Waals surface area contributed by atoms with E-state index in [4.69, 9.17) is 4.74 Å². The van der Waals surface area contributed by atoms with E-state index >= 15 is 0 Å². The Kier molecular flexibility index (Phi) is 4.23. The molecule has 0 aromatic carbocycles. The van der Waals surface area contributed by atoms with E-state index in [0.717, 1.165) is 12.8 Å². The van der Waals surface area contributed by atoms with Gasteiger partial charge in [-0.3, -0.25) is 9.59 Å². The predicted octanol–water partition coefficient (Wildman–Crippen LogP) is -0.576. The molecule has 4 atom stereocenters. The van der Waals surface area contributed by atoms with Crippen LogP contribution >= 0.6 is 0 Å². The number of hydrogen-bond acceptors (Lipinski definition) is 7. The summed E-state index contributed by atoms with van der Waals surface area (Å²) in [5.74, 6) is -0.226. The van der Waals surface area contributed by atoms with Crippen molar-refractivity contribution in [1.82, 2.24) is 30.7 Å². The average Bonchev–Trinajstić information content (AvgIpc) is 3.39. The van der Waals surface area contributed by atoms with E-state index in [-0.39, 0.29) is 35.6 Å². The standard InChI is InChI=1S/C18H24N6O5/c1-10-14(22-29-21-10)16(26)23-4-5-28-18(9-23)6-11-2-3-12(7-18)24(11)15(25)13-8-19-17(27)20-13/h11-13H,2-9H2,1H3,(H2,19,20,27)/t11-,12+,13?,18?. The van der Waals surface area contributed by atoms with Crippen LogP contribution in [0.1, 0.15) is 41.9 Å². The van der Waals surface area contributed by atoms with Crippen molar-refractivity contribution in [3.05, 3.63) is 11.4 Å². The summed E-state index contributed by atoms with van der Waals surface area (Å²) in [6.07, 6.45) is 3.19. The van der Waals surface area contributed by atoms with Crippen molar-refractivity contribution in [3.8, 4) is 0 Å². The van der Waals surface area contributed by atoms with Gasteiger partial charge in [0.15, 0.2) is 5.69 Å². The monoisotopic (exact) mass is 404 g/mol. The third-order valence-electron chi connectivity index (χ3n) is 6.55. The van der Waals surface area contributed by atoms with Gasteiger partial charge < -0.3 is 25.2 Å². The van der Waals surface area contributed by atoms with Crippen LogP contribution in [0.2, 0.25) is 0 Å². The van der Waals surface area contributed by atoms with Gasteiger partial charge in [-0.15, -0.1) is 0 Å². The molecular weight excluding hydrogens is 380 g/mol. The molecule has 4 aliphatic heterocycles. The van der Waals surface area contributed by atoms with Crippen molar-refractivity contribution in [2.24, 2.45) is 0 Å². The quantitative estimate of drug-likeness (QED) is 0.675. The molecule has 2 bridgehead atoms. The Hall–Kier alpha value is -2.69. The van der Waals surface area contributed by atoms with Gasteiger partial charge in [0.25, 0.3) is 5.91 Å². The highest BCUT2D eigenvalue weighted by atomic mass is 16.6. The Morgan fingerprint density at radius 3 is 2.59 bits per heavy atom. The van der Waals surface area contributed by atoms with Crippen LogP contribution in [0.25, 0.3) is 0 Å². The van der Waals surface area contributed by atoms with Crippen molar-refractivity contribution in [3.63, 3.8) is 0 Å². The van der Waals surface area contributed by atoms with Crippen LogP contribution in [0.5, 0.6) is 0 Å². The molecular formula is C18H24N6O5. The summed E-state index contributed by atoms with van der Waals surface area (Å²) in [6, 6.07) is -0.687. The molecule has 5 rings (SSSR count). The summed E-state index contributed by atoms with van der Waals surface area (Å²) >= 11 is 0. The molecule has 1 aromatic heterocycles. The van der Waals surface area contributed by atoms with E-state index in [2.05, 4.69) is 25.6 Å². The lowest BCUT2D eigenvalue weighted by Crippen LogP contribution is -2.63. The largest absolute Gasteiger partial charge is 0.371 e. The Morgan fingerprint density at radius 1 is 1.21 bits per heavy atom. The summed E-state index contributed by atoms with van der Waals surface area (Å²) in [4.78, 5) is 41.0. The molecule has 1 aromatic rings. The molecule has 0 saturated carbocycles. The summed E-state index contributed by atoms with van der Waals surface area (Å²) in [5, 5.41) is 12.8. The van der Waals surface area contributed by atoms with Gasteiger partial charge in [-0.1, -0.05) is 5.16 Å². The predicted molar refractivity (Wildman–Crippen MR) is 96.8 cm³/mol. The Morgan fingerprint density at radius 2 is 1.97 bits per heavy atom. The second-order valence-electron chi connectivity index (χ2n) is 8.40. The van der Waals surface area contributed by atoms with Crippen LogP contribution in [-0.4, -0.2) is 87.9 Å². The molecule has 11 heteroatoms. The van der Waals surface area contributed by atoms with Gasteiger partial charge in [-0.25, -0.2) is 9.42 Å². The zero-order chi connectivity index (χ0) is 20.2. The molecule has 0 aliphatic carbocycles. The van der Waals surface area contributed by atoms with E-state index in [1.807, 2.05) is 4.90 Å². The lowest BCUT2D eigenvalue weighted by Gasteiger charge is -2.50. The number of urea groups is 1. The molecule has 1 spiro atoms. The minimum atomic E-state index is -0.507. The van der Waals surface area contributed by atoms with E-state index in [1.54, 1.807) is 11.8 Å². The first-order chi connectivity index (χ1) is 14.0. The smallest absolute Gasteiger partial charge is 0.315 e. The number of aryl methyl sites for hydroxylation is 1. The number of amides is 4. The molecule has 2 unspecified atom stereocenters. The number of hydrogen-bond donors (Lipinski definition) is 2. The maximum absolute atomic E-state index is 13.0. The number of aromatic nitrogens is 2. The fourth-order valence-corrected chi connectivity index (χ4v) is 5.29. The van der Waals surface area contributed by atoms with Gasteiger partial charge in [0.1, 0.15) is 11.7 Å². The number of carbonyl (C=O) groups is 3. The normalized spacial score (nSPS) is 33.7. The number of nitrogens with zero attached hydrogens (tertiary/aromatic N) is 4. The lowest BCUT2D eigenvalue weighted by atomic mass is 9.84. The second-order valence-corrected chi connectivity index (χ2v) is 8.40. The van der Waals surface area contributed by atoms with E-state index in [1.165, 1.54) is 0 Å². The maximum atomic E-state index is 13.0. The fraction of sp³-hybridized carbons (Fsp3) is 0.722. The molecule has 5 heterocycles. The Bertz CT molecular complexity index is 842. The zero-order valence-electron chi connectivity index (χ0n) is 16.2. The van der Waals surface area contributed by atoms with Crippen molar-refractivity contribution < 1.29 is 23.7 Å². The maximum Gasteiger partial charge on any atom is 0.315 e. The molecule has 4 saturated heterocycles. The SMILES string of the molecule is Cc1nonc1C(=O)N1CCOC2(C[C@H]3CC[C@@H](C2)N3C(=O)C2CNC(=O)N2)C1. The molecule has 2 N–H and O–H groups in total. The third kappa shape index (κ3) is 3.04. The third-order valence-corrected chi connectivity index (χ3v) is 6.55. The molecule has 156 valence electrons. The highest BCUT2D eigenvalue weighted by Crippen LogP contribution is 2.44. The number of fused-ring (bicyclic) bond motifs is 2. The van der Waals surface area contributed by atoms with Gasteiger partial charge in [0.2, 0.25) is 5.91 Å². The van der Waals surface area contributed by atoms with E-state index in [9.17, 15) is 14.4 Å². The van der Waals surface area contributed by atoms with Crippen molar-refractivity contribution in [1.29, 1.82) is 0 Å². The van der Waals surface area contributed by atoms with Crippen LogP contribution in [0.4, 0.5) is 4.79 Å². The van der Waals surface area contributed by atoms with Crippen LogP contribution in [0.15, 0.2) is 4.63 Å². The number of piperidine rings is 1. The zero-order valence-corrected chi connectivity index (χ0v) is 16.2. The van der Waals surface area contributed by atoms with Crippen molar-refractivity contribution in [2.45, 2.75) is 56.3 Å². The highest BCUT2D eigenvalue weighted by molar-refractivity contribution is 5.93. The van der Waals surface area contributed by atoms with E-state index in [0.29, 0.717) is 44.8 Å². The number of ether oxygens (including phenoxy) is 1. The van der Waals surface area contributed by atoms with Crippen LogP contribution in [-0.2, 0) is 9.53 Å². The molecule has 11 nitrogen and oxygen atoms in total. The number of carbonyl (C=O) groups excluding carboxylic acids is 3. The van der Waals surface area contributed by atoms with E-state index < -0.39 is 11.6 Å². The molecule has 4 aliphatic rings. The summed E-state index contributed by atoms with van der Waals surface area (Å²) in [5.41, 5.74) is 0.254. The van der Waals surface area contributed by atoms with Gasteiger partial charge in [0.05, 0.1) is 18.8 Å². The topological polar surface area (TPSA) is 130 Å². The first kappa shape index (κ1) is 18.3. The number of nitrogens with one attached hydrogen (secondary N) is 2. The number of morpholine rings is 1. The minimum Gasteiger partial charge on any atom is -0.371 e.